The minimum Gasteiger partial charge on any atom is -0.354 e. The van der Waals surface area contributed by atoms with Gasteiger partial charge < -0.3 is 10.2 Å². The summed E-state index contributed by atoms with van der Waals surface area (Å²) in [7, 11) is 0. The average molecular weight is 441 g/mol. The summed E-state index contributed by atoms with van der Waals surface area (Å²) in [6, 6.07) is 15.9. The van der Waals surface area contributed by atoms with Crippen LogP contribution in [-0.4, -0.2) is 35.1 Å². The molecule has 0 heterocycles. The zero-order valence-electron chi connectivity index (χ0n) is 19.5. The maximum atomic E-state index is 13.3. The molecule has 0 radical (unpaired) electrons. The van der Waals surface area contributed by atoms with Crippen LogP contribution in [0.4, 0.5) is 0 Å². The first-order valence-electron chi connectivity index (χ1n) is 11.1. The first kappa shape index (κ1) is 25.0. The number of hydrogen-bond donors (Lipinski definition) is 1. The van der Waals surface area contributed by atoms with Crippen LogP contribution in [0.25, 0.3) is 0 Å². The van der Waals surface area contributed by atoms with Gasteiger partial charge in [0.2, 0.25) is 11.8 Å². The Labute approximate surface area is 191 Å². The van der Waals surface area contributed by atoms with Crippen molar-refractivity contribution in [2.45, 2.75) is 59.4 Å². The maximum absolute atomic E-state index is 13.3. The fourth-order valence-corrected chi connectivity index (χ4v) is 4.31. The summed E-state index contributed by atoms with van der Waals surface area (Å²) in [6.45, 7) is 11.3. The van der Waals surface area contributed by atoms with Gasteiger partial charge in [0.25, 0.3) is 0 Å². The number of carbonyl (C=O) groups is 2. The summed E-state index contributed by atoms with van der Waals surface area (Å²) < 4.78 is 0. The van der Waals surface area contributed by atoms with Crippen LogP contribution in [0.3, 0.4) is 0 Å². The predicted octanol–water partition coefficient (Wildman–Crippen LogP) is 5.12. The molecule has 168 valence electrons. The second-order valence-electron chi connectivity index (χ2n) is 8.49. The van der Waals surface area contributed by atoms with Crippen LogP contribution in [0.15, 0.2) is 48.5 Å². The van der Waals surface area contributed by atoms with E-state index in [0.717, 1.165) is 16.9 Å². The topological polar surface area (TPSA) is 49.4 Å². The molecule has 0 aliphatic carbocycles. The summed E-state index contributed by atoms with van der Waals surface area (Å²) in [5.74, 6) is 1.44. The number of aryl methyl sites for hydroxylation is 2. The van der Waals surface area contributed by atoms with Crippen molar-refractivity contribution in [1.29, 1.82) is 0 Å². The van der Waals surface area contributed by atoms with Crippen LogP contribution >= 0.6 is 11.8 Å². The van der Waals surface area contributed by atoms with Crippen molar-refractivity contribution in [3.05, 3.63) is 70.8 Å². The van der Waals surface area contributed by atoms with Crippen molar-refractivity contribution in [2.75, 3.05) is 12.3 Å². The molecule has 5 heteroatoms. The van der Waals surface area contributed by atoms with E-state index in [-0.39, 0.29) is 11.8 Å². The molecule has 1 atom stereocenters. The monoisotopic (exact) mass is 440 g/mol. The Balaban J connectivity index is 2.13. The summed E-state index contributed by atoms with van der Waals surface area (Å²) >= 11 is 1.60. The summed E-state index contributed by atoms with van der Waals surface area (Å²) in [4.78, 5) is 28.0. The molecule has 0 aliphatic rings. The van der Waals surface area contributed by atoms with Gasteiger partial charge in [-0.25, -0.2) is 0 Å². The molecule has 0 saturated carbocycles. The van der Waals surface area contributed by atoms with Crippen molar-refractivity contribution in [3.63, 3.8) is 0 Å². The largest absolute Gasteiger partial charge is 0.354 e. The Morgan fingerprint density at radius 2 is 1.81 bits per heavy atom. The lowest BCUT2D eigenvalue weighted by molar-refractivity contribution is -0.139. The van der Waals surface area contributed by atoms with Crippen molar-refractivity contribution >= 4 is 23.6 Å². The second kappa shape index (κ2) is 12.6. The van der Waals surface area contributed by atoms with Crippen LogP contribution in [0.2, 0.25) is 0 Å². The standard InChI is InChI=1S/C26H36N2O2S/c1-6-24(26(30)27-15-19(2)3)28(16-23-13-8-7-11-21(23)5)25(29)18-31-17-22-12-9-10-20(4)14-22/h7-14,19,24H,6,15-18H2,1-5H3,(H,27,30)/t24-/m0/s1. The van der Waals surface area contributed by atoms with Gasteiger partial charge >= 0.3 is 0 Å². The number of benzene rings is 2. The molecule has 0 saturated heterocycles. The van der Waals surface area contributed by atoms with E-state index in [4.69, 9.17) is 0 Å². The van der Waals surface area contributed by atoms with Crippen molar-refractivity contribution in [3.8, 4) is 0 Å². The smallest absolute Gasteiger partial charge is 0.242 e. The zero-order valence-corrected chi connectivity index (χ0v) is 20.3. The number of hydrogen-bond acceptors (Lipinski definition) is 3. The Kier molecular flexibility index (Phi) is 10.1. The highest BCUT2D eigenvalue weighted by atomic mass is 32.2. The quantitative estimate of drug-likeness (QED) is 0.528. The fourth-order valence-electron chi connectivity index (χ4n) is 3.45. The Morgan fingerprint density at radius 3 is 2.45 bits per heavy atom. The molecular formula is C26H36N2O2S. The van der Waals surface area contributed by atoms with Crippen molar-refractivity contribution in [2.24, 2.45) is 5.92 Å². The number of rotatable bonds is 11. The second-order valence-corrected chi connectivity index (χ2v) is 9.48. The highest BCUT2D eigenvalue weighted by molar-refractivity contribution is 7.99. The van der Waals surface area contributed by atoms with E-state index >= 15 is 0 Å². The Bertz CT molecular complexity index is 866. The molecule has 0 aromatic heterocycles. The SMILES string of the molecule is CC[C@@H](C(=O)NCC(C)C)N(Cc1ccccc1C)C(=O)CSCc1cccc(C)c1. The summed E-state index contributed by atoms with van der Waals surface area (Å²) in [6.07, 6.45) is 0.587. The summed E-state index contributed by atoms with van der Waals surface area (Å²) in [5, 5.41) is 3.02. The van der Waals surface area contributed by atoms with Crippen LogP contribution in [0.1, 0.15) is 49.4 Å². The van der Waals surface area contributed by atoms with Crippen molar-refractivity contribution in [1.82, 2.24) is 10.2 Å². The third-order valence-corrected chi connectivity index (χ3v) is 6.24. The molecule has 2 amide bonds. The van der Waals surface area contributed by atoms with Crippen LogP contribution in [-0.2, 0) is 21.9 Å². The fraction of sp³-hybridized carbons (Fsp3) is 0.462. The first-order valence-corrected chi connectivity index (χ1v) is 12.2. The van der Waals surface area contributed by atoms with Gasteiger partial charge in [0.1, 0.15) is 6.04 Å². The first-order chi connectivity index (χ1) is 14.8. The van der Waals surface area contributed by atoms with E-state index in [2.05, 4.69) is 44.3 Å². The molecule has 0 fully saturated rings. The number of carbonyl (C=O) groups excluding carboxylic acids is 2. The molecular weight excluding hydrogens is 404 g/mol. The van der Waals surface area contributed by atoms with E-state index in [1.165, 1.54) is 11.1 Å². The lowest BCUT2D eigenvalue weighted by Gasteiger charge is -2.31. The van der Waals surface area contributed by atoms with E-state index < -0.39 is 6.04 Å². The molecule has 4 nitrogen and oxygen atoms in total. The van der Waals surface area contributed by atoms with Gasteiger partial charge in [0.15, 0.2) is 0 Å². The number of amides is 2. The third-order valence-electron chi connectivity index (χ3n) is 5.25. The molecule has 0 bridgehead atoms. The zero-order chi connectivity index (χ0) is 22.8. The van der Waals surface area contributed by atoms with E-state index in [9.17, 15) is 9.59 Å². The predicted molar refractivity (Wildman–Crippen MR) is 131 cm³/mol. The Hall–Kier alpha value is -2.27. The van der Waals surface area contributed by atoms with Crippen LogP contribution in [0.5, 0.6) is 0 Å². The minimum absolute atomic E-state index is 0.00690. The normalized spacial score (nSPS) is 11.9. The van der Waals surface area contributed by atoms with Gasteiger partial charge in [0.05, 0.1) is 5.75 Å². The molecule has 1 N–H and O–H groups in total. The van der Waals surface area contributed by atoms with Crippen LogP contribution < -0.4 is 5.32 Å². The highest BCUT2D eigenvalue weighted by Crippen LogP contribution is 2.19. The molecule has 31 heavy (non-hydrogen) atoms. The van der Waals surface area contributed by atoms with Crippen LogP contribution in [0, 0.1) is 19.8 Å². The Morgan fingerprint density at radius 1 is 1.06 bits per heavy atom. The molecule has 0 unspecified atom stereocenters. The van der Waals surface area contributed by atoms with Gasteiger partial charge in [-0.05, 0) is 42.9 Å². The van der Waals surface area contributed by atoms with Crippen molar-refractivity contribution < 1.29 is 9.59 Å². The van der Waals surface area contributed by atoms with Gasteiger partial charge in [-0.1, -0.05) is 74.9 Å². The number of nitrogens with one attached hydrogen (secondary N) is 1. The molecule has 2 aromatic rings. The lowest BCUT2D eigenvalue weighted by atomic mass is 10.1. The van der Waals surface area contributed by atoms with Gasteiger partial charge in [-0.15, -0.1) is 11.8 Å². The maximum Gasteiger partial charge on any atom is 0.242 e. The van der Waals surface area contributed by atoms with Gasteiger partial charge in [-0.3, -0.25) is 9.59 Å². The highest BCUT2D eigenvalue weighted by Gasteiger charge is 2.28. The lowest BCUT2D eigenvalue weighted by Crippen LogP contribution is -2.50. The molecule has 0 aliphatic heterocycles. The molecule has 2 rings (SSSR count). The average Bonchev–Trinajstić information content (AvgIpc) is 2.73. The molecule has 0 spiro atoms. The number of nitrogens with zero attached hydrogens (tertiary/aromatic N) is 1. The molecule has 2 aromatic carbocycles. The van der Waals surface area contributed by atoms with E-state index in [1.54, 1.807) is 16.7 Å². The van der Waals surface area contributed by atoms with E-state index in [0.29, 0.717) is 31.2 Å². The van der Waals surface area contributed by atoms with Gasteiger partial charge in [0, 0.05) is 18.8 Å². The minimum atomic E-state index is -0.467. The third kappa shape index (κ3) is 8.06. The van der Waals surface area contributed by atoms with Gasteiger partial charge in [-0.2, -0.15) is 0 Å². The number of thioether (sulfide) groups is 1. The summed E-state index contributed by atoms with van der Waals surface area (Å²) in [5.41, 5.74) is 4.64. The van der Waals surface area contributed by atoms with E-state index in [1.807, 2.05) is 44.2 Å².